The first-order chi connectivity index (χ1) is 16.2. The number of aryl methyl sites for hydroxylation is 1. The Bertz CT molecular complexity index is 1400. The molecule has 33 heavy (non-hydrogen) atoms. The van der Waals surface area contributed by atoms with Gasteiger partial charge in [-0.3, -0.25) is 0 Å². The van der Waals surface area contributed by atoms with Crippen LogP contribution in [-0.4, -0.2) is 4.57 Å². The summed E-state index contributed by atoms with van der Waals surface area (Å²) in [6, 6.07) is 26.5. The molecule has 160 valence electrons. The second-order valence-corrected chi connectivity index (χ2v) is 9.47. The molecule has 6 heteroatoms. The van der Waals surface area contributed by atoms with Crippen molar-refractivity contribution in [3.8, 4) is 45.0 Å². The highest BCUT2D eigenvalue weighted by Crippen LogP contribution is 2.38. The van der Waals surface area contributed by atoms with Crippen molar-refractivity contribution in [2.75, 3.05) is 0 Å². The molecule has 0 saturated carbocycles. The number of hydrogen-bond donors (Lipinski definition) is 0. The molecule has 4 aromatic rings. The van der Waals surface area contributed by atoms with Crippen LogP contribution in [0.4, 0.5) is 0 Å². The van der Waals surface area contributed by atoms with E-state index in [0.717, 1.165) is 28.4 Å². The van der Waals surface area contributed by atoms with E-state index in [2.05, 4.69) is 59.3 Å². The minimum absolute atomic E-state index is 0.119. The summed E-state index contributed by atoms with van der Waals surface area (Å²) in [6.45, 7) is 2.20. The molecule has 0 amide bonds. The summed E-state index contributed by atoms with van der Waals surface area (Å²) in [5.41, 5.74) is 4.45. The number of allylic oxidation sites excluding steroid dienone is 2. The van der Waals surface area contributed by atoms with E-state index in [-0.39, 0.29) is 11.1 Å². The highest BCUT2D eigenvalue weighted by Gasteiger charge is 2.18. The second kappa shape index (κ2) is 10.2. The number of thiophene rings is 2. The zero-order chi connectivity index (χ0) is 23.2. The predicted molar refractivity (Wildman–Crippen MR) is 135 cm³/mol. The van der Waals surface area contributed by atoms with Gasteiger partial charge in [0.05, 0.1) is 26.7 Å². The fourth-order valence-electron chi connectivity index (χ4n) is 3.70. The van der Waals surface area contributed by atoms with E-state index in [1.54, 1.807) is 11.3 Å². The quantitative estimate of drug-likeness (QED) is 0.264. The highest BCUT2D eigenvalue weighted by molar-refractivity contribution is 7.16. The molecule has 0 fully saturated rings. The lowest BCUT2D eigenvalue weighted by Gasteiger charge is -2.13. The number of aromatic nitrogens is 1. The molecule has 0 radical (unpaired) electrons. The van der Waals surface area contributed by atoms with Crippen LogP contribution in [0.25, 0.3) is 32.4 Å². The summed E-state index contributed by atoms with van der Waals surface area (Å²) in [6.07, 6.45) is 3.42. The van der Waals surface area contributed by atoms with E-state index in [9.17, 15) is 15.8 Å². The van der Waals surface area contributed by atoms with Crippen LogP contribution >= 0.6 is 22.7 Å². The minimum atomic E-state index is -0.164. The Kier molecular flexibility index (Phi) is 6.86. The van der Waals surface area contributed by atoms with Gasteiger partial charge in [-0.2, -0.15) is 15.8 Å². The Morgan fingerprint density at radius 1 is 0.848 bits per heavy atom. The summed E-state index contributed by atoms with van der Waals surface area (Å²) < 4.78 is 2.23. The number of hydrogen-bond acceptors (Lipinski definition) is 5. The van der Waals surface area contributed by atoms with Crippen LogP contribution < -0.4 is 0 Å². The topological polar surface area (TPSA) is 76.3 Å². The zero-order valence-electron chi connectivity index (χ0n) is 18.1. The molecule has 0 aliphatic heterocycles. The van der Waals surface area contributed by atoms with E-state index >= 15 is 0 Å². The van der Waals surface area contributed by atoms with Crippen LogP contribution in [0.1, 0.15) is 30.2 Å². The molecule has 3 aromatic heterocycles. The molecule has 0 saturated heterocycles. The van der Waals surface area contributed by atoms with Gasteiger partial charge in [0, 0.05) is 10.6 Å². The number of nitrogens with zero attached hydrogens (tertiary/aromatic N) is 4. The largest absolute Gasteiger partial charge is 0.308 e. The minimum Gasteiger partial charge on any atom is -0.308 e. The Hall–Kier alpha value is -3.89. The Balaban J connectivity index is 1.82. The molecule has 0 aliphatic rings. The third-order valence-corrected chi connectivity index (χ3v) is 7.38. The monoisotopic (exact) mass is 464 g/mol. The van der Waals surface area contributed by atoms with Gasteiger partial charge in [0.25, 0.3) is 0 Å². The van der Waals surface area contributed by atoms with Gasteiger partial charge in [-0.25, -0.2) is 0 Å². The summed E-state index contributed by atoms with van der Waals surface area (Å²) in [7, 11) is 0. The van der Waals surface area contributed by atoms with Gasteiger partial charge in [-0.05, 0) is 66.2 Å². The molecule has 0 bridgehead atoms. The first-order valence-electron chi connectivity index (χ1n) is 10.6. The van der Waals surface area contributed by atoms with E-state index < -0.39 is 0 Å². The van der Waals surface area contributed by atoms with Crippen molar-refractivity contribution < 1.29 is 0 Å². The SMILES string of the molecule is CCCCc1ccc(-n2c(-c3cccs3)ccc2-c2ccc(C(C#N)=C(C#N)C#N)s2)cc1. The van der Waals surface area contributed by atoms with Gasteiger partial charge in [0.1, 0.15) is 23.8 Å². The molecule has 0 N–H and O–H groups in total. The maximum Gasteiger partial charge on any atom is 0.148 e. The van der Waals surface area contributed by atoms with Crippen LogP contribution in [0.2, 0.25) is 0 Å². The molecule has 0 unspecified atom stereocenters. The van der Waals surface area contributed by atoms with Crippen molar-refractivity contribution in [3.05, 3.63) is 82.1 Å². The third-order valence-electron chi connectivity index (χ3n) is 5.36. The van der Waals surface area contributed by atoms with Gasteiger partial charge < -0.3 is 4.57 Å². The molecule has 3 heterocycles. The fraction of sp³-hybridized carbons (Fsp3) is 0.148. The van der Waals surface area contributed by atoms with E-state index in [1.165, 1.54) is 34.6 Å². The summed E-state index contributed by atoms with van der Waals surface area (Å²) in [4.78, 5) is 2.75. The van der Waals surface area contributed by atoms with E-state index in [1.807, 2.05) is 36.4 Å². The summed E-state index contributed by atoms with van der Waals surface area (Å²) in [5.74, 6) is 0. The normalized spacial score (nSPS) is 10.2. The average molecular weight is 465 g/mol. The first-order valence-corrected chi connectivity index (χ1v) is 12.3. The Morgan fingerprint density at radius 3 is 2.18 bits per heavy atom. The average Bonchev–Trinajstić information content (AvgIpc) is 3.61. The molecule has 0 atom stereocenters. The number of benzene rings is 1. The first kappa shape index (κ1) is 22.3. The molecular formula is C27H20N4S2. The number of unbranched alkanes of at least 4 members (excludes halogenated alkanes) is 1. The maximum atomic E-state index is 9.53. The van der Waals surface area contributed by atoms with Gasteiger partial charge >= 0.3 is 0 Å². The Labute approximate surface area is 201 Å². The second-order valence-electron chi connectivity index (χ2n) is 7.44. The standard InChI is InChI=1S/C27H20N4S2/c1-2-3-5-19-7-9-21(10-8-19)31-23(26-6-4-15-32-26)11-12-24(31)27-14-13-25(33-27)22(18-30)20(16-28)17-29/h4,6-15H,2-3,5H2,1H3. The lowest BCUT2D eigenvalue weighted by molar-refractivity contribution is 0.795. The highest BCUT2D eigenvalue weighted by atomic mass is 32.1. The van der Waals surface area contributed by atoms with Crippen molar-refractivity contribution in [1.29, 1.82) is 15.8 Å². The molecule has 0 spiro atoms. The molecular weight excluding hydrogens is 444 g/mol. The number of nitriles is 3. The van der Waals surface area contributed by atoms with Crippen molar-refractivity contribution in [1.82, 2.24) is 4.57 Å². The maximum absolute atomic E-state index is 9.53. The van der Waals surface area contributed by atoms with Crippen molar-refractivity contribution >= 4 is 28.2 Å². The smallest absolute Gasteiger partial charge is 0.148 e. The molecule has 1 aromatic carbocycles. The van der Waals surface area contributed by atoms with E-state index in [0.29, 0.717) is 4.88 Å². The van der Waals surface area contributed by atoms with Crippen LogP contribution in [0, 0.1) is 34.0 Å². The van der Waals surface area contributed by atoms with Crippen molar-refractivity contribution in [2.45, 2.75) is 26.2 Å². The molecule has 0 aliphatic carbocycles. The van der Waals surface area contributed by atoms with Crippen LogP contribution in [0.15, 0.2) is 71.6 Å². The van der Waals surface area contributed by atoms with Gasteiger partial charge in [0.2, 0.25) is 0 Å². The van der Waals surface area contributed by atoms with Crippen LogP contribution in [0.3, 0.4) is 0 Å². The zero-order valence-corrected chi connectivity index (χ0v) is 19.7. The lowest BCUT2D eigenvalue weighted by Crippen LogP contribution is -1.98. The Morgan fingerprint density at radius 2 is 1.58 bits per heavy atom. The van der Waals surface area contributed by atoms with Crippen LogP contribution in [-0.2, 0) is 6.42 Å². The van der Waals surface area contributed by atoms with Gasteiger partial charge in [-0.15, -0.1) is 22.7 Å². The fourth-order valence-corrected chi connectivity index (χ4v) is 5.46. The van der Waals surface area contributed by atoms with E-state index in [4.69, 9.17) is 0 Å². The predicted octanol–water partition coefficient (Wildman–Crippen LogP) is 7.60. The molecule has 4 nitrogen and oxygen atoms in total. The van der Waals surface area contributed by atoms with Crippen molar-refractivity contribution in [2.24, 2.45) is 0 Å². The van der Waals surface area contributed by atoms with Gasteiger partial charge in [-0.1, -0.05) is 31.5 Å². The summed E-state index contributed by atoms with van der Waals surface area (Å²) in [5, 5.41) is 30.0. The third kappa shape index (κ3) is 4.52. The summed E-state index contributed by atoms with van der Waals surface area (Å²) >= 11 is 3.10. The lowest BCUT2D eigenvalue weighted by atomic mass is 10.1. The van der Waals surface area contributed by atoms with Crippen LogP contribution in [0.5, 0.6) is 0 Å². The van der Waals surface area contributed by atoms with Gasteiger partial charge in [0.15, 0.2) is 0 Å². The molecule has 4 rings (SSSR count). The number of rotatable bonds is 7. The van der Waals surface area contributed by atoms with Crippen molar-refractivity contribution in [3.63, 3.8) is 0 Å².